The van der Waals surface area contributed by atoms with Crippen LogP contribution < -0.4 is 0 Å². The lowest BCUT2D eigenvalue weighted by Gasteiger charge is -2.54. The highest BCUT2D eigenvalue weighted by Crippen LogP contribution is 2.57. The van der Waals surface area contributed by atoms with Gasteiger partial charge in [-0.05, 0) is 56.3 Å². The van der Waals surface area contributed by atoms with Crippen LogP contribution in [0, 0.1) is 17.8 Å². The summed E-state index contributed by atoms with van der Waals surface area (Å²) in [5, 5.41) is 0.933. The minimum absolute atomic E-state index is 0.185. The Balaban J connectivity index is 1.56. The van der Waals surface area contributed by atoms with E-state index >= 15 is 0 Å². The van der Waals surface area contributed by atoms with Crippen molar-refractivity contribution in [2.75, 3.05) is 11.6 Å². The van der Waals surface area contributed by atoms with Gasteiger partial charge in [0.25, 0.3) is 0 Å². The summed E-state index contributed by atoms with van der Waals surface area (Å²) in [4.78, 5) is 5.06. The van der Waals surface area contributed by atoms with Gasteiger partial charge in [-0.3, -0.25) is 0 Å². The molecule has 1 atom stereocenters. The van der Waals surface area contributed by atoms with Crippen molar-refractivity contribution in [1.82, 2.24) is 0 Å². The third kappa shape index (κ3) is 1.98. The fourth-order valence-corrected chi connectivity index (χ4v) is 6.18. The van der Waals surface area contributed by atoms with Crippen LogP contribution in [0.4, 0.5) is 0 Å². The predicted molar refractivity (Wildman–Crippen MR) is 76.4 cm³/mol. The maximum Gasteiger partial charge on any atom is 0.246 e. The molecule has 5 aliphatic rings. The number of rotatable bonds is 2. The van der Waals surface area contributed by atoms with Gasteiger partial charge in [0.15, 0.2) is 0 Å². The van der Waals surface area contributed by atoms with Crippen LogP contribution >= 0.6 is 23.4 Å². The molecule has 0 unspecified atom stereocenters. The third-order valence-electron chi connectivity index (χ3n) is 5.17. The first-order valence-electron chi connectivity index (χ1n) is 7.20. The number of halogens is 1. The number of ether oxygens (including phenoxy) is 1. The van der Waals surface area contributed by atoms with Gasteiger partial charge in [-0.1, -0.05) is 11.8 Å². The van der Waals surface area contributed by atoms with Crippen molar-refractivity contribution in [3.63, 3.8) is 0 Å². The molecule has 0 aromatic heterocycles. The minimum atomic E-state index is 0.185. The van der Waals surface area contributed by atoms with E-state index in [1.54, 1.807) is 11.8 Å². The lowest BCUT2D eigenvalue weighted by molar-refractivity contribution is 0.000684. The molecule has 4 saturated carbocycles. The maximum absolute atomic E-state index is 5.86. The molecule has 2 nitrogen and oxygen atoms in total. The summed E-state index contributed by atoms with van der Waals surface area (Å²) in [5.74, 6) is 4.43. The Kier molecular flexibility index (Phi) is 2.85. The highest BCUT2D eigenvalue weighted by atomic mass is 35.5. The summed E-state index contributed by atoms with van der Waals surface area (Å²) in [6, 6.07) is 0. The highest BCUT2D eigenvalue weighted by molar-refractivity contribution is 8.13. The van der Waals surface area contributed by atoms with E-state index in [4.69, 9.17) is 21.3 Å². The van der Waals surface area contributed by atoms with E-state index in [1.807, 2.05) is 0 Å². The van der Waals surface area contributed by atoms with Crippen LogP contribution in [0.3, 0.4) is 0 Å². The minimum Gasteiger partial charge on any atom is -0.468 e. The van der Waals surface area contributed by atoms with Crippen molar-refractivity contribution in [3.05, 3.63) is 0 Å². The number of nitrogens with zero attached hydrogens (tertiary/aromatic N) is 1. The lowest BCUT2D eigenvalue weighted by Crippen LogP contribution is -2.49. The molecule has 18 heavy (non-hydrogen) atoms. The number of hydrogen-bond acceptors (Lipinski definition) is 3. The maximum atomic E-state index is 5.86. The molecule has 4 heteroatoms. The summed E-state index contributed by atoms with van der Waals surface area (Å²) in [6.07, 6.45) is 8.56. The van der Waals surface area contributed by atoms with Crippen molar-refractivity contribution in [2.45, 2.75) is 50.2 Å². The summed E-state index contributed by atoms with van der Waals surface area (Å²) in [6.45, 7) is 0. The molecule has 0 amide bonds. The fourth-order valence-electron chi connectivity index (χ4n) is 4.91. The fraction of sp³-hybridized carbons (Fsp3) is 0.929. The van der Waals surface area contributed by atoms with Crippen LogP contribution in [0.5, 0.6) is 0 Å². The van der Waals surface area contributed by atoms with Crippen molar-refractivity contribution >= 4 is 28.6 Å². The van der Waals surface area contributed by atoms with Gasteiger partial charge < -0.3 is 4.74 Å². The molecule has 5 rings (SSSR count). The van der Waals surface area contributed by atoms with E-state index in [1.165, 1.54) is 38.5 Å². The van der Waals surface area contributed by atoms with Gasteiger partial charge in [0.05, 0.1) is 11.4 Å². The molecule has 5 fully saturated rings. The molecule has 0 aromatic carbocycles. The largest absolute Gasteiger partial charge is 0.468 e. The first-order chi connectivity index (χ1) is 8.75. The molecule has 100 valence electrons. The SMILES string of the molecule is ClC[C@@H]1CSC(=NC23CC4CC(CC(C4)C2)C3)O1. The smallest absolute Gasteiger partial charge is 0.246 e. The summed E-state index contributed by atoms with van der Waals surface area (Å²) >= 11 is 7.62. The van der Waals surface area contributed by atoms with Gasteiger partial charge in [0.1, 0.15) is 6.10 Å². The summed E-state index contributed by atoms with van der Waals surface area (Å²) < 4.78 is 5.83. The Hall–Kier alpha value is 0.110. The highest BCUT2D eigenvalue weighted by Gasteiger charge is 2.51. The van der Waals surface area contributed by atoms with E-state index in [0.717, 1.165) is 28.7 Å². The Morgan fingerprint density at radius 3 is 2.28 bits per heavy atom. The predicted octanol–water partition coefficient (Wildman–Crippen LogP) is 3.68. The molecule has 0 aromatic rings. The van der Waals surface area contributed by atoms with Gasteiger partial charge in [-0.2, -0.15) is 0 Å². The molecular weight excluding hydrogens is 266 g/mol. The number of thioether (sulfide) groups is 1. The zero-order valence-electron chi connectivity index (χ0n) is 10.6. The molecular formula is C14H20ClNOS. The normalized spacial score (nSPS) is 51.9. The Labute approximate surface area is 118 Å². The zero-order chi connectivity index (χ0) is 12.2. The van der Waals surface area contributed by atoms with Crippen LogP contribution in [0.25, 0.3) is 0 Å². The molecule has 0 radical (unpaired) electrons. The summed E-state index contributed by atoms with van der Waals surface area (Å²) in [5.41, 5.74) is 0.248. The van der Waals surface area contributed by atoms with Gasteiger partial charge in [0, 0.05) is 5.75 Å². The van der Waals surface area contributed by atoms with Crippen LogP contribution in [-0.2, 0) is 4.74 Å². The monoisotopic (exact) mass is 285 g/mol. The second-order valence-corrected chi connectivity index (χ2v) is 8.00. The first kappa shape index (κ1) is 11.9. The summed E-state index contributed by atoms with van der Waals surface area (Å²) in [7, 11) is 0. The average Bonchev–Trinajstić information content (AvgIpc) is 2.74. The van der Waals surface area contributed by atoms with Crippen LogP contribution in [-0.4, -0.2) is 28.5 Å². The van der Waals surface area contributed by atoms with Crippen molar-refractivity contribution in [3.8, 4) is 0 Å². The molecule has 0 N–H and O–H groups in total. The van der Waals surface area contributed by atoms with Crippen LogP contribution in [0.2, 0.25) is 0 Å². The van der Waals surface area contributed by atoms with Crippen molar-refractivity contribution in [1.29, 1.82) is 0 Å². The van der Waals surface area contributed by atoms with E-state index < -0.39 is 0 Å². The molecule has 0 spiro atoms. The van der Waals surface area contributed by atoms with E-state index in [9.17, 15) is 0 Å². The molecule has 1 aliphatic heterocycles. The molecule has 1 saturated heterocycles. The van der Waals surface area contributed by atoms with Crippen molar-refractivity contribution in [2.24, 2.45) is 22.7 Å². The van der Waals surface area contributed by atoms with Gasteiger partial charge >= 0.3 is 0 Å². The van der Waals surface area contributed by atoms with Gasteiger partial charge in [-0.15, -0.1) is 11.6 Å². The second-order valence-electron chi connectivity index (χ2n) is 6.72. The molecule has 4 aliphatic carbocycles. The second kappa shape index (κ2) is 4.31. The average molecular weight is 286 g/mol. The Morgan fingerprint density at radius 1 is 1.17 bits per heavy atom. The third-order valence-corrected chi connectivity index (χ3v) is 6.48. The number of alkyl halides is 1. The lowest BCUT2D eigenvalue weighted by atomic mass is 9.53. The van der Waals surface area contributed by atoms with Crippen LogP contribution in [0.15, 0.2) is 4.99 Å². The zero-order valence-corrected chi connectivity index (χ0v) is 12.2. The first-order valence-corrected chi connectivity index (χ1v) is 8.72. The van der Waals surface area contributed by atoms with Gasteiger partial charge in [0.2, 0.25) is 5.23 Å². The van der Waals surface area contributed by atoms with Crippen LogP contribution in [0.1, 0.15) is 38.5 Å². The topological polar surface area (TPSA) is 21.6 Å². The van der Waals surface area contributed by atoms with Crippen molar-refractivity contribution < 1.29 is 4.74 Å². The molecule has 1 heterocycles. The Morgan fingerprint density at radius 2 is 1.78 bits per heavy atom. The quantitative estimate of drug-likeness (QED) is 0.722. The van der Waals surface area contributed by atoms with E-state index in [2.05, 4.69) is 0 Å². The van der Waals surface area contributed by atoms with E-state index in [-0.39, 0.29) is 11.6 Å². The molecule has 4 bridgehead atoms. The Bertz CT molecular complexity index is 349. The van der Waals surface area contributed by atoms with E-state index in [0.29, 0.717) is 5.88 Å². The standard InChI is InChI=1S/C14H20ClNOS/c15-7-12-8-18-13(17-12)16-14-4-9-1-10(5-14)3-11(2-9)6-14/h9-12H,1-8H2/t9?,10?,11?,12-,14?/m1/s1. The number of hydrogen-bond donors (Lipinski definition) is 0. The number of aliphatic imine (C=N–C) groups is 1. The van der Waals surface area contributed by atoms with Gasteiger partial charge in [-0.25, -0.2) is 4.99 Å².